The van der Waals surface area contributed by atoms with Gasteiger partial charge in [-0.3, -0.25) is 5.32 Å². The predicted molar refractivity (Wildman–Crippen MR) is 76.4 cm³/mol. The van der Waals surface area contributed by atoms with E-state index in [1.54, 1.807) is 6.20 Å². The van der Waals surface area contributed by atoms with Gasteiger partial charge >= 0.3 is 6.09 Å². The number of imidazole rings is 1. The van der Waals surface area contributed by atoms with Gasteiger partial charge in [-0.05, 0) is 32.9 Å². The monoisotopic (exact) mass is 279 g/mol. The summed E-state index contributed by atoms with van der Waals surface area (Å²) in [5.74, 6) is 0.877. The number of aryl methyl sites for hydroxylation is 1. The van der Waals surface area contributed by atoms with Gasteiger partial charge in [-0.15, -0.1) is 11.3 Å². The molecule has 0 bridgehead atoms. The molecule has 2 rings (SSSR count). The van der Waals surface area contributed by atoms with Crippen molar-refractivity contribution in [1.82, 2.24) is 9.55 Å². The quantitative estimate of drug-likeness (QED) is 0.915. The van der Waals surface area contributed by atoms with Crippen LogP contribution in [0.1, 0.15) is 20.8 Å². The molecule has 0 atom stereocenters. The number of nitrogens with one attached hydrogen (secondary N) is 1. The third kappa shape index (κ3) is 3.57. The maximum absolute atomic E-state index is 11.6. The van der Waals surface area contributed by atoms with E-state index in [4.69, 9.17) is 4.74 Å². The molecule has 0 aliphatic heterocycles. The van der Waals surface area contributed by atoms with Crippen LogP contribution >= 0.6 is 11.3 Å². The molecule has 2 aromatic heterocycles. The van der Waals surface area contributed by atoms with Gasteiger partial charge in [0.05, 0.1) is 9.88 Å². The highest BCUT2D eigenvalue weighted by Gasteiger charge is 2.17. The highest BCUT2D eigenvalue weighted by molar-refractivity contribution is 7.19. The molecule has 0 aromatic carbocycles. The summed E-state index contributed by atoms with van der Waals surface area (Å²) >= 11 is 1.46. The summed E-state index contributed by atoms with van der Waals surface area (Å²) in [6, 6.07) is 3.78. The fraction of sp³-hybridized carbons (Fsp3) is 0.385. The van der Waals surface area contributed by atoms with Gasteiger partial charge in [-0.25, -0.2) is 9.78 Å². The second-order valence-electron chi connectivity index (χ2n) is 5.15. The molecule has 102 valence electrons. The van der Waals surface area contributed by atoms with Crippen molar-refractivity contribution in [2.24, 2.45) is 7.05 Å². The van der Waals surface area contributed by atoms with Crippen molar-refractivity contribution in [2.75, 3.05) is 5.32 Å². The second-order valence-corrected chi connectivity index (χ2v) is 6.24. The first-order valence-electron chi connectivity index (χ1n) is 5.93. The van der Waals surface area contributed by atoms with Gasteiger partial charge < -0.3 is 9.30 Å². The van der Waals surface area contributed by atoms with E-state index in [2.05, 4.69) is 10.3 Å². The summed E-state index contributed by atoms with van der Waals surface area (Å²) in [7, 11) is 1.93. The highest BCUT2D eigenvalue weighted by Crippen LogP contribution is 2.30. The molecule has 0 saturated carbocycles. The molecule has 0 aliphatic carbocycles. The molecule has 0 spiro atoms. The second kappa shape index (κ2) is 5.05. The number of rotatable bonds is 2. The molecule has 1 amide bonds. The Bertz CT molecular complexity index is 581. The smallest absolute Gasteiger partial charge is 0.412 e. The van der Waals surface area contributed by atoms with E-state index in [1.165, 1.54) is 11.3 Å². The van der Waals surface area contributed by atoms with Crippen molar-refractivity contribution in [3.63, 3.8) is 0 Å². The van der Waals surface area contributed by atoms with Crippen LogP contribution in [-0.2, 0) is 11.8 Å². The fourth-order valence-electron chi connectivity index (χ4n) is 1.53. The minimum Gasteiger partial charge on any atom is -0.444 e. The summed E-state index contributed by atoms with van der Waals surface area (Å²) in [5, 5.41) is 3.46. The van der Waals surface area contributed by atoms with Crippen LogP contribution in [0.4, 0.5) is 9.80 Å². The Hall–Kier alpha value is -1.82. The molecule has 2 aromatic rings. The Morgan fingerprint density at radius 1 is 1.42 bits per heavy atom. The highest BCUT2D eigenvalue weighted by atomic mass is 32.1. The Labute approximate surface area is 116 Å². The largest absolute Gasteiger partial charge is 0.444 e. The zero-order valence-electron chi connectivity index (χ0n) is 11.4. The maximum Gasteiger partial charge on any atom is 0.412 e. The van der Waals surface area contributed by atoms with Gasteiger partial charge in [0.1, 0.15) is 11.4 Å². The van der Waals surface area contributed by atoms with Crippen LogP contribution in [0.5, 0.6) is 0 Å². The van der Waals surface area contributed by atoms with Crippen LogP contribution in [-0.4, -0.2) is 21.2 Å². The number of aromatic nitrogens is 2. The van der Waals surface area contributed by atoms with Crippen LogP contribution in [0.25, 0.3) is 10.7 Å². The van der Waals surface area contributed by atoms with Crippen molar-refractivity contribution >= 4 is 22.4 Å². The molecule has 0 fully saturated rings. The summed E-state index contributed by atoms with van der Waals surface area (Å²) in [6.45, 7) is 5.50. The molecule has 19 heavy (non-hydrogen) atoms. The molecule has 1 N–H and O–H groups in total. The average Bonchev–Trinajstić information content (AvgIpc) is 2.83. The van der Waals surface area contributed by atoms with E-state index in [0.717, 1.165) is 15.7 Å². The number of amides is 1. The molecule has 2 heterocycles. The predicted octanol–water partition coefficient (Wildman–Crippen LogP) is 3.50. The van der Waals surface area contributed by atoms with Crippen molar-refractivity contribution in [3.8, 4) is 10.7 Å². The Morgan fingerprint density at radius 2 is 2.16 bits per heavy atom. The summed E-state index contributed by atoms with van der Waals surface area (Å²) < 4.78 is 7.13. The van der Waals surface area contributed by atoms with Crippen LogP contribution < -0.4 is 5.32 Å². The number of nitrogens with zero attached hydrogens (tertiary/aromatic N) is 2. The molecule has 0 aliphatic rings. The molecular formula is C13H17N3O2S. The minimum atomic E-state index is -0.496. The van der Waals surface area contributed by atoms with Gasteiger partial charge in [0, 0.05) is 19.4 Å². The van der Waals surface area contributed by atoms with E-state index < -0.39 is 11.7 Å². The lowest BCUT2D eigenvalue weighted by Crippen LogP contribution is -2.26. The van der Waals surface area contributed by atoms with Crippen LogP contribution in [0.3, 0.4) is 0 Å². The normalized spacial score (nSPS) is 11.4. The first-order valence-corrected chi connectivity index (χ1v) is 6.74. The van der Waals surface area contributed by atoms with Crippen molar-refractivity contribution in [3.05, 3.63) is 24.5 Å². The molecule has 6 heteroatoms. The van der Waals surface area contributed by atoms with Gasteiger partial charge in [0.25, 0.3) is 0 Å². The summed E-state index contributed by atoms with van der Waals surface area (Å²) in [4.78, 5) is 16.9. The van der Waals surface area contributed by atoms with E-state index in [9.17, 15) is 4.79 Å². The SMILES string of the molecule is Cn1ccnc1-c1ccc(NC(=O)OC(C)(C)C)s1. The summed E-state index contributed by atoms with van der Waals surface area (Å²) in [5.41, 5.74) is -0.496. The maximum atomic E-state index is 11.6. The average molecular weight is 279 g/mol. The van der Waals surface area contributed by atoms with Gasteiger partial charge in [0.2, 0.25) is 0 Å². The van der Waals surface area contributed by atoms with Crippen molar-refractivity contribution < 1.29 is 9.53 Å². The lowest BCUT2D eigenvalue weighted by atomic mass is 10.2. The Morgan fingerprint density at radius 3 is 2.74 bits per heavy atom. The number of ether oxygens (including phenoxy) is 1. The van der Waals surface area contributed by atoms with Gasteiger partial charge in [-0.1, -0.05) is 0 Å². The first-order chi connectivity index (χ1) is 8.85. The number of carbonyl (C=O) groups excluding carboxylic acids is 1. The lowest BCUT2D eigenvalue weighted by Gasteiger charge is -2.19. The Balaban J connectivity index is 2.06. The van der Waals surface area contributed by atoms with E-state index in [0.29, 0.717) is 0 Å². The number of anilines is 1. The minimum absolute atomic E-state index is 0.444. The fourth-order valence-corrected chi connectivity index (χ4v) is 2.46. The first kappa shape index (κ1) is 13.6. The third-order valence-electron chi connectivity index (χ3n) is 2.27. The number of hydrogen-bond acceptors (Lipinski definition) is 4. The molecule has 0 saturated heterocycles. The van der Waals surface area contributed by atoms with Gasteiger partial charge in [0.15, 0.2) is 0 Å². The molecule has 5 nitrogen and oxygen atoms in total. The third-order valence-corrected chi connectivity index (χ3v) is 3.27. The lowest BCUT2D eigenvalue weighted by molar-refractivity contribution is 0.0636. The van der Waals surface area contributed by atoms with E-state index in [-0.39, 0.29) is 0 Å². The molecular weight excluding hydrogens is 262 g/mol. The number of thiophene rings is 1. The summed E-state index contributed by atoms with van der Waals surface area (Å²) in [6.07, 6.45) is 3.19. The Kier molecular flexibility index (Phi) is 3.61. The number of carbonyl (C=O) groups is 1. The zero-order chi connectivity index (χ0) is 14.0. The standard InChI is InChI=1S/C13H17N3O2S/c1-13(2,3)18-12(17)15-10-6-5-9(19-10)11-14-7-8-16(11)4/h5-8H,1-4H3,(H,15,17). The van der Waals surface area contributed by atoms with Crippen molar-refractivity contribution in [2.45, 2.75) is 26.4 Å². The van der Waals surface area contributed by atoms with Crippen LogP contribution in [0.15, 0.2) is 24.5 Å². The van der Waals surface area contributed by atoms with E-state index in [1.807, 2.05) is 50.7 Å². The molecule has 0 radical (unpaired) electrons. The van der Waals surface area contributed by atoms with Crippen LogP contribution in [0.2, 0.25) is 0 Å². The zero-order valence-corrected chi connectivity index (χ0v) is 12.2. The van der Waals surface area contributed by atoms with Gasteiger partial charge in [-0.2, -0.15) is 0 Å². The van der Waals surface area contributed by atoms with E-state index >= 15 is 0 Å². The van der Waals surface area contributed by atoms with Crippen LogP contribution in [0, 0.1) is 0 Å². The molecule has 0 unspecified atom stereocenters. The van der Waals surface area contributed by atoms with Crippen molar-refractivity contribution in [1.29, 1.82) is 0 Å². The topological polar surface area (TPSA) is 56.2 Å². The number of hydrogen-bond donors (Lipinski definition) is 1.